The van der Waals surface area contributed by atoms with E-state index in [-0.39, 0.29) is 5.75 Å². The van der Waals surface area contributed by atoms with Gasteiger partial charge in [-0.1, -0.05) is 44.2 Å². The van der Waals surface area contributed by atoms with Gasteiger partial charge < -0.3 is 10.4 Å². The van der Waals surface area contributed by atoms with Crippen molar-refractivity contribution in [2.24, 2.45) is 5.10 Å². The number of hydrogen-bond acceptors (Lipinski definition) is 3. The maximum atomic E-state index is 9.62. The molecule has 0 spiro atoms. The third kappa shape index (κ3) is 7.87. The van der Waals surface area contributed by atoms with Crippen LogP contribution in [0.15, 0.2) is 23.3 Å². The van der Waals surface area contributed by atoms with E-state index in [1.807, 2.05) is 0 Å². The first-order valence-electron chi connectivity index (χ1n) is 7.19. The van der Waals surface area contributed by atoms with Crippen molar-refractivity contribution in [1.82, 2.24) is 10.7 Å². The molecule has 4 nitrogen and oxygen atoms in total. The van der Waals surface area contributed by atoms with Gasteiger partial charge in [-0.25, -0.2) is 0 Å². The molecule has 1 aromatic carbocycles. The first-order valence-corrected chi connectivity index (χ1v) is 7.97. The van der Waals surface area contributed by atoms with E-state index < -0.39 is 0 Å². The van der Waals surface area contributed by atoms with Gasteiger partial charge in [0.2, 0.25) is 0 Å². The molecule has 0 saturated heterocycles. The molecule has 6 heteroatoms. The van der Waals surface area contributed by atoms with E-state index in [1.54, 1.807) is 12.1 Å². The molecular weight excluding hydrogens is 306 g/mol. The van der Waals surface area contributed by atoms with Crippen LogP contribution < -0.4 is 10.7 Å². The number of halogens is 1. The highest BCUT2D eigenvalue weighted by Gasteiger charge is 1.99. The lowest BCUT2D eigenvalue weighted by Gasteiger charge is -2.06. The maximum Gasteiger partial charge on any atom is 0.186 e. The number of phenols is 1. The molecule has 1 rings (SSSR count). The summed E-state index contributed by atoms with van der Waals surface area (Å²) in [5.74, 6) is 0.125. The van der Waals surface area contributed by atoms with Crippen LogP contribution in [0, 0.1) is 0 Å². The molecule has 21 heavy (non-hydrogen) atoms. The molecule has 0 aliphatic carbocycles. The number of nitrogens with zero attached hydrogens (tertiary/aromatic N) is 1. The third-order valence-electron chi connectivity index (χ3n) is 2.93. The van der Waals surface area contributed by atoms with Crippen LogP contribution in [-0.2, 0) is 0 Å². The van der Waals surface area contributed by atoms with Crippen LogP contribution >= 0.6 is 23.8 Å². The average molecular weight is 328 g/mol. The second-order valence-electron chi connectivity index (χ2n) is 4.74. The Kier molecular flexibility index (Phi) is 8.78. The lowest BCUT2D eigenvalue weighted by Crippen LogP contribution is -2.32. The van der Waals surface area contributed by atoms with E-state index in [0.717, 1.165) is 13.0 Å². The number of aromatic hydroxyl groups is 1. The fourth-order valence-corrected chi connectivity index (χ4v) is 2.09. The van der Waals surface area contributed by atoms with Crippen LogP contribution in [0.25, 0.3) is 0 Å². The molecule has 0 bridgehead atoms. The van der Waals surface area contributed by atoms with Gasteiger partial charge >= 0.3 is 0 Å². The van der Waals surface area contributed by atoms with Crippen LogP contribution in [0.5, 0.6) is 5.75 Å². The summed E-state index contributed by atoms with van der Waals surface area (Å²) < 4.78 is 0. The molecule has 0 saturated carbocycles. The second kappa shape index (κ2) is 10.4. The van der Waals surface area contributed by atoms with Gasteiger partial charge in [-0.3, -0.25) is 5.43 Å². The first-order chi connectivity index (χ1) is 10.1. The molecule has 0 radical (unpaired) electrons. The summed E-state index contributed by atoms with van der Waals surface area (Å²) >= 11 is 11.0. The van der Waals surface area contributed by atoms with Crippen molar-refractivity contribution in [2.75, 3.05) is 6.54 Å². The molecule has 0 aromatic heterocycles. The Morgan fingerprint density at radius 1 is 1.33 bits per heavy atom. The number of rotatable bonds is 8. The van der Waals surface area contributed by atoms with Crippen molar-refractivity contribution in [2.45, 2.75) is 39.0 Å². The third-order valence-corrected chi connectivity index (χ3v) is 3.40. The van der Waals surface area contributed by atoms with Gasteiger partial charge in [0.25, 0.3) is 0 Å². The van der Waals surface area contributed by atoms with Crippen LogP contribution in [0.1, 0.15) is 44.6 Å². The summed E-state index contributed by atoms with van der Waals surface area (Å²) in [6.07, 6.45) is 7.60. The molecule has 0 fully saturated rings. The molecule has 0 amide bonds. The summed E-state index contributed by atoms with van der Waals surface area (Å²) in [4.78, 5) is 0. The van der Waals surface area contributed by atoms with Crippen molar-refractivity contribution in [3.63, 3.8) is 0 Å². The molecule has 1 aromatic rings. The number of hydrazone groups is 1. The second-order valence-corrected chi connectivity index (χ2v) is 5.59. The number of thiocarbonyl (C=S) groups is 1. The van der Waals surface area contributed by atoms with Crippen LogP contribution in [0.4, 0.5) is 0 Å². The molecule has 0 atom stereocenters. The standard InChI is InChI=1S/C15H22ClN3OS/c1-2-3-4-5-6-9-17-15(21)19-18-11-12-10-13(16)7-8-14(12)20/h7-8,10-11,20H,2-6,9H2,1H3,(H2,17,19,21)/b18-11+. The predicted molar refractivity (Wildman–Crippen MR) is 93.2 cm³/mol. The highest BCUT2D eigenvalue weighted by molar-refractivity contribution is 7.80. The van der Waals surface area contributed by atoms with Crippen molar-refractivity contribution in [3.8, 4) is 5.75 Å². The van der Waals surface area contributed by atoms with E-state index in [4.69, 9.17) is 23.8 Å². The highest BCUT2D eigenvalue weighted by atomic mass is 35.5. The van der Waals surface area contributed by atoms with Gasteiger partial charge in [0.1, 0.15) is 5.75 Å². The highest BCUT2D eigenvalue weighted by Crippen LogP contribution is 2.19. The van der Waals surface area contributed by atoms with Crippen LogP contribution in [-0.4, -0.2) is 23.0 Å². The Morgan fingerprint density at radius 2 is 2.10 bits per heavy atom. The van der Waals surface area contributed by atoms with Gasteiger partial charge in [0.05, 0.1) is 6.21 Å². The summed E-state index contributed by atoms with van der Waals surface area (Å²) in [6.45, 7) is 3.04. The monoisotopic (exact) mass is 327 g/mol. The molecule has 116 valence electrons. The van der Waals surface area contributed by atoms with Crippen molar-refractivity contribution in [3.05, 3.63) is 28.8 Å². The Hall–Kier alpha value is -1.33. The van der Waals surface area contributed by atoms with Gasteiger partial charge in [-0.15, -0.1) is 0 Å². The van der Waals surface area contributed by atoms with E-state index in [2.05, 4.69) is 22.8 Å². The number of unbranched alkanes of at least 4 members (excludes halogenated alkanes) is 4. The number of hydrogen-bond donors (Lipinski definition) is 3. The van der Waals surface area contributed by atoms with Crippen molar-refractivity contribution >= 4 is 35.1 Å². The molecule has 0 unspecified atom stereocenters. The fourth-order valence-electron chi connectivity index (χ4n) is 1.76. The van der Waals surface area contributed by atoms with Crippen LogP contribution in [0.2, 0.25) is 5.02 Å². The van der Waals surface area contributed by atoms with Gasteiger partial charge in [-0.2, -0.15) is 5.10 Å². The smallest absolute Gasteiger partial charge is 0.186 e. The number of phenolic OH excluding ortho intramolecular Hbond substituents is 1. The Labute approximate surface area is 136 Å². The molecular formula is C15H22ClN3OS. The van der Waals surface area contributed by atoms with E-state index >= 15 is 0 Å². The summed E-state index contributed by atoms with van der Waals surface area (Å²) in [6, 6.07) is 4.77. The zero-order valence-electron chi connectivity index (χ0n) is 12.2. The van der Waals surface area contributed by atoms with E-state index in [0.29, 0.717) is 15.7 Å². The minimum absolute atomic E-state index is 0.125. The average Bonchev–Trinajstić information content (AvgIpc) is 2.46. The zero-order chi connectivity index (χ0) is 15.5. The number of benzene rings is 1. The molecule has 0 aliphatic heterocycles. The fraction of sp³-hybridized carbons (Fsp3) is 0.467. The first kappa shape index (κ1) is 17.7. The Balaban J connectivity index is 2.23. The molecule has 3 N–H and O–H groups in total. The maximum absolute atomic E-state index is 9.62. The predicted octanol–water partition coefficient (Wildman–Crippen LogP) is 3.81. The SMILES string of the molecule is CCCCCCCNC(=S)N/N=C/c1cc(Cl)ccc1O. The quantitative estimate of drug-likeness (QED) is 0.294. The summed E-state index contributed by atoms with van der Waals surface area (Å²) in [5.41, 5.74) is 3.25. The van der Waals surface area contributed by atoms with Crippen molar-refractivity contribution < 1.29 is 5.11 Å². The topological polar surface area (TPSA) is 56.7 Å². The summed E-state index contributed by atoms with van der Waals surface area (Å²) in [5, 5.41) is 17.7. The Bertz CT molecular complexity index is 480. The van der Waals surface area contributed by atoms with Gasteiger partial charge in [0, 0.05) is 17.1 Å². The van der Waals surface area contributed by atoms with Gasteiger partial charge in [0.15, 0.2) is 5.11 Å². The molecule has 0 aliphatic rings. The number of nitrogens with one attached hydrogen (secondary N) is 2. The van der Waals surface area contributed by atoms with Crippen LogP contribution in [0.3, 0.4) is 0 Å². The lowest BCUT2D eigenvalue weighted by atomic mass is 10.1. The van der Waals surface area contributed by atoms with E-state index in [9.17, 15) is 5.11 Å². The van der Waals surface area contributed by atoms with Crippen molar-refractivity contribution in [1.29, 1.82) is 0 Å². The normalized spacial score (nSPS) is 10.8. The lowest BCUT2D eigenvalue weighted by molar-refractivity contribution is 0.474. The zero-order valence-corrected chi connectivity index (χ0v) is 13.8. The minimum atomic E-state index is 0.125. The summed E-state index contributed by atoms with van der Waals surface area (Å²) in [7, 11) is 0. The Morgan fingerprint density at radius 3 is 2.86 bits per heavy atom. The largest absolute Gasteiger partial charge is 0.507 e. The minimum Gasteiger partial charge on any atom is -0.507 e. The molecule has 0 heterocycles. The van der Waals surface area contributed by atoms with E-state index in [1.165, 1.54) is 38.0 Å². The van der Waals surface area contributed by atoms with Gasteiger partial charge in [-0.05, 0) is 36.8 Å².